The molecule has 0 saturated carbocycles. The number of nitrogens with zero attached hydrogens (tertiary/aromatic N) is 1. The van der Waals surface area contributed by atoms with Gasteiger partial charge in [-0.1, -0.05) is 29.8 Å². The largest absolute Gasteiger partial charge is 0.365 e. The van der Waals surface area contributed by atoms with Crippen molar-refractivity contribution in [2.45, 2.75) is 39.8 Å². The quantitative estimate of drug-likeness (QED) is 0.898. The van der Waals surface area contributed by atoms with E-state index < -0.39 is 0 Å². The first-order valence-corrected chi connectivity index (χ1v) is 7.54. The van der Waals surface area contributed by atoms with Gasteiger partial charge in [0.1, 0.15) is 0 Å². The molecule has 0 aliphatic carbocycles. The Bertz CT molecular complexity index is 417. The Labute approximate surface area is 119 Å². The van der Waals surface area contributed by atoms with Crippen molar-refractivity contribution in [3.63, 3.8) is 0 Å². The Balaban J connectivity index is 2.32. The van der Waals surface area contributed by atoms with Crippen molar-refractivity contribution < 1.29 is 0 Å². The van der Waals surface area contributed by atoms with Gasteiger partial charge in [0.05, 0.1) is 0 Å². The molecule has 0 aromatic heterocycles. The van der Waals surface area contributed by atoms with Crippen molar-refractivity contribution in [1.82, 2.24) is 5.32 Å². The van der Waals surface area contributed by atoms with E-state index in [-0.39, 0.29) is 0 Å². The molecule has 0 amide bonds. The van der Waals surface area contributed by atoms with Crippen LogP contribution in [0.2, 0.25) is 0 Å². The van der Waals surface area contributed by atoms with E-state index in [0.717, 1.165) is 17.6 Å². The van der Waals surface area contributed by atoms with Gasteiger partial charge in [-0.25, -0.2) is 0 Å². The van der Waals surface area contributed by atoms with E-state index in [1.54, 1.807) is 0 Å². The summed E-state index contributed by atoms with van der Waals surface area (Å²) in [4.78, 5) is 2.58. The van der Waals surface area contributed by atoms with Crippen LogP contribution in [0.5, 0.6) is 0 Å². The molecular weight excluding hydrogens is 288 g/mol. The van der Waals surface area contributed by atoms with Gasteiger partial charge in [0.2, 0.25) is 0 Å². The van der Waals surface area contributed by atoms with Gasteiger partial charge < -0.3 is 10.2 Å². The van der Waals surface area contributed by atoms with E-state index >= 15 is 0 Å². The van der Waals surface area contributed by atoms with Crippen molar-refractivity contribution in [2.75, 3.05) is 18.0 Å². The van der Waals surface area contributed by atoms with Crippen LogP contribution >= 0.6 is 15.9 Å². The van der Waals surface area contributed by atoms with Gasteiger partial charge in [-0.3, -0.25) is 0 Å². The molecule has 1 saturated heterocycles. The van der Waals surface area contributed by atoms with Crippen LogP contribution in [0.25, 0.3) is 0 Å². The third-order valence-electron chi connectivity index (χ3n) is 3.78. The fraction of sp³-hybridized carbons (Fsp3) is 0.600. The molecule has 1 N–H and O–H groups in total. The van der Waals surface area contributed by atoms with Gasteiger partial charge >= 0.3 is 0 Å². The van der Waals surface area contributed by atoms with Crippen LogP contribution in [0, 0.1) is 12.8 Å². The molecule has 2 rings (SSSR count). The minimum absolute atomic E-state index is 0.558. The van der Waals surface area contributed by atoms with Crippen LogP contribution in [-0.2, 0) is 0 Å². The van der Waals surface area contributed by atoms with Crippen molar-refractivity contribution >= 4 is 21.6 Å². The van der Waals surface area contributed by atoms with E-state index in [1.807, 2.05) is 0 Å². The smallest absolute Gasteiger partial charge is 0.0438 e. The summed E-state index contributed by atoms with van der Waals surface area (Å²) in [6.45, 7) is 11.2. The van der Waals surface area contributed by atoms with Crippen LogP contribution in [0.1, 0.15) is 26.3 Å². The zero-order valence-electron chi connectivity index (χ0n) is 11.7. The minimum atomic E-state index is 0.558. The van der Waals surface area contributed by atoms with E-state index in [2.05, 4.69) is 72.0 Å². The lowest BCUT2D eigenvalue weighted by Crippen LogP contribution is -2.57. The molecule has 2 nitrogen and oxygen atoms in total. The molecular formula is C15H23BrN2. The highest BCUT2D eigenvalue weighted by Crippen LogP contribution is 2.28. The third-order valence-corrected chi connectivity index (χ3v) is 4.28. The predicted octanol–water partition coefficient (Wildman–Crippen LogP) is 3.58. The second-order valence-electron chi connectivity index (χ2n) is 5.70. The Morgan fingerprint density at radius 1 is 1.39 bits per heavy atom. The number of halogens is 1. The Morgan fingerprint density at radius 3 is 2.72 bits per heavy atom. The highest BCUT2D eigenvalue weighted by atomic mass is 79.9. The number of benzene rings is 1. The molecule has 1 aliphatic rings. The number of hydrogen-bond donors (Lipinski definition) is 1. The SMILES string of the molecule is Cc1cc(Br)ccc1N1CC(C)NCC1C(C)C. The first kappa shape index (κ1) is 13.9. The average molecular weight is 311 g/mol. The van der Waals surface area contributed by atoms with Crippen molar-refractivity contribution in [1.29, 1.82) is 0 Å². The van der Waals surface area contributed by atoms with Crippen LogP contribution in [0.4, 0.5) is 5.69 Å². The summed E-state index contributed by atoms with van der Waals surface area (Å²) in [5.74, 6) is 0.660. The Kier molecular flexibility index (Phi) is 4.33. The summed E-state index contributed by atoms with van der Waals surface area (Å²) in [6.07, 6.45) is 0. The normalized spacial score (nSPS) is 24.7. The van der Waals surface area contributed by atoms with Gasteiger partial charge in [0.15, 0.2) is 0 Å². The zero-order chi connectivity index (χ0) is 13.3. The monoisotopic (exact) mass is 310 g/mol. The number of rotatable bonds is 2. The number of piperazine rings is 1. The van der Waals surface area contributed by atoms with E-state index in [4.69, 9.17) is 0 Å². The highest BCUT2D eigenvalue weighted by molar-refractivity contribution is 9.10. The molecule has 3 heteroatoms. The van der Waals surface area contributed by atoms with Gasteiger partial charge in [-0.2, -0.15) is 0 Å². The Hall–Kier alpha value is -0.540. The average Bonchev–Trinajstić information content (AvgIpc) is 2.28. The predicted molar refractivity (Wildman–Crippen MR) is 82.3 cm³/mol. The lowest BCUT2D eigenvalue weighted by atomic mass is 9.97. The maximum atomic E-state index is 3.59. The molecule has 1 aromatic carbocycles. The second kappa shape index (κ2) is 5.62. The van der Waals surface area contributed by atoms with Gasteiger partial charge in [-0.15, -0.1) is 0 Å². The summed E-state index contributed by atoms with van der Waals surface area (Å²) in [5.41, 5.74) is 2.73. The molecule has 1 aliphatic heterocycles. The van der Waals surface area contributed by atoms with Gasteiger partial charge in [0, 0.05) is 35.3 Å². The standard InChI is InChI=1S/C15H23BrN2/c1-10(2)15-8-17-12(4)9-18(15)14-6-5-13(16)7-11(14)3/h5-7,10,12,15,17H,8-9H2,1-4H3. The number of aryl methyl sites for hydroxylation is 1. The van der Waals surface area contributed by atoms with Crippen LogP contribution < -0.4 is 10.2 Å². The van der Waals surface area contributed by atoms with E-state index in [0.29, 0.717) is 18.0 Å². The number of anilines is 1. The minimum Gasteiger partial charge on any atom is -0.365 e. The molecule has 2 atom stereocenters. The van der Waals surface area contributed by atoms with Gasteiger partial charge in [0.25, 0.3) is 0 Å². The van der Waals surface area contributed by atoms with Crippen LogP contribution in [0.15, 0.2) is 22.7 Å². The maximum Gasteiger partial charge on any atom is 0.0438 e. The molecule has 2 unspecified atom stereocenters. The lowest BCUT2D eigenvalue weighted by molar-refractivity contribution is 0.349. The third kappa shape index (κ3) is 2.89. The van der Waals surface area contributed by atoms with Crippen molar-refractivity contribution in [2.24, 2.45) is 5.92 Å². The molecule has 0 bridgehead atoms. The first-order valence-electron chi connectivity index (χ1n) is 6.75. The lowest BCUT2D eigenvalue weighted by Gasteiger charge is -2.43. The van der Waals surface area contributed by atoms with Crippen LogP contribution in [0.3, 0.4) is 0 Å². The second-order valence-corrected chi connectivity index (χ2v) is 6.62. The van der Waals surface area contributed by atoms with E-state index in [9.17, 15) is 0 Å². The molecule has 1 aromatic rings. The fourth-order valence-corrected chi connectivity index (χ4v) is 3.22. The fourth-order valence-electron chi connectivity index (χ4n) is 2.74. The maximum absolute atomic E-state index is 3.59. The molecule has 0 spiro atoms. The summed E-state index contributed by atoms with van der Waals surface area (Å²) < 4.78 is 1.16. The van der Waals surface area contributed by atoms with E-state index in [1.165, 1.54) is 11.3 Å². The van der Waals surface area contributed by atoms with Gasteiger partial charge in [-0.05, 0) is 43.5 Å². The summed E-state index contributed by atoms with van der Waals surface area (Å²) in [7, 11) is 0. The number of hydrogen-bond acceptors (Lipinski definition) is 2. The molecule has 100 valence electrons. The highest BCUT2D eigenvalue weighted by Gasteiger charge is 2.28. The first-order chi connectivity index (χ1) is 8.49. The summed E-state index contributed by atoms with van der Waals surface area (Å²) in [5, 5.41) is 3.59. The summed E-state index contributed by atoms with van der Waals surface area (Å²) >= 11 is 3.55. The van der Waals surface area contributed by atoms with Crippen molar-refractivity contribution in [3.8, 4) is 0 Å². The number of nitrogens with one attached hydrogen (secondary N) is 1. The Morgan fingerprint density at radius 2 is 2.11 bits per heavy atom. The molecule has 0 radical (unpaired) electrons. The summed E-state index contributed by atoms with van der Waals surface area (Å²) in [6, 6.07) is 7.74. The molecule has 1 fully saturated rings. The zero-order valence-corrected chi connectivity index (χ0v) is 13.3. The molecule has 1 heterocycles. The van der Waals surface area contributed by atoms with Crippen LogP contribution in [-0.4, -0.2) is 25.2 Å². The topological polar surface area (TPSA) is 15.3 Å². The molecule has 18 heavy (non-hydrogen) atoms. The van der Waals surface area contributed by atoms with Crippen molar-refractivity contribution in [3.05, 3.63) is 28.2 Å².